The van der Waals surface area contributed by atoms with Crippen molar-refractivity contribution in [3.05, 3.63) is 121 Å². The van der Waals surface area contributed by atoms with Gasteiger partial charge in [0.15, 0.2) is 23.1 Å². The molecular formula is C34H20N4OS. The van der Waals surface area contributed by atoms with Crippen molar-refractivity contribution in [1.82, 2.24) is 19.9 Å². The Kier molecular flexibility index (Phi) is 5.24. The highest BCUT2D eigenvalue weighted by Gasteiger charge is 2.17. The van der Waals surface area contributed by atoms with Crippen molar-refractivity contribution in [3.8, 4) is 45.6 Å². The van der Waals surface area contributed by atoms with E-state index >= 15 is 0 Å². The third-order valence-electron chi connectivity index (χ3n) is 6.97. The number of aromatic nitrogens is 4. The predicted octanol–water partition coefficient (Wildman–Crippen LogP) is 9.05. The Labute approximate surface area is 233 Å². The molecule has 0 bridgehead atoms. The van der Waals surface area contributed by atoms with Crippen LogP contribution in [0.5, 0.6) is 0 Å². The first-order chi connectivity index (χ1) is 19.8. The second-order valence-corrected chi connectivity index (χ2v) is 10.6. The van der Waals surface area contributed by atoms with Gasteiger partial charge in [0, 0.05) is 42.4 Å². The van der Waals surface area contributed by atoms with Crippen LogP contribution in [0.4, 0.5) is 0 Å². The molecule has 6 heteroatoms. The first kappa shape index (κ1) is 22.8. The van der Waals surface area contributed by atoms with E-state index in [1.807, 2.05) is 97.1 Å². The van der Waals surface area contributed by atoms with Gasteiger partial charge in [-0.2, -0.15) is 0 Å². The number of fused-ring (bicyclic) bond motifs is 5. The first-order valence-corrected chi connectivity index (χ1v) is 13.8. The molecule has 0 amide bonds. The standard InChI is InChI=1S/C34H20N4OS/c1-4-10-21(11-5-1)31-36-32(22-12-6-2-7-13-22)38-33(37-31)24-16-17-25-28(20-24)40-27-19-18-26-30(29(25)27)39-34(35-26)23-14-8-3-9-15-23/h1-20H. The maximum absolute atomic E-state index is 6.34. The van der Waals surface area contributed by atoms with Gasteiger partial charge in [0.2, 0.25) is 5.89 Å². The number of thiophene rings is 1. The molecule has 0 atom stereocenters. The largest absolute Gasteiger partial charge is 0.435 e. The summed E-state index contributed by atoms with van der Waals surface area (Å²) in [5.74, 6) is 2.57. The Bertz CT molecular complexity index is 2100. The van der Waals surface area contributed by atoms with Crippen molar-refractivity contribution in [1.29, 1.82) is 0 Å². The van der Waals surface area contributed by atoms with Crippen molar-refractivity contribution < 1.29 is 4.42 Å². The van der Waals surface area contributed by atoms with Gasteiger partial charge in [-0.25, -0.2) is 19.9 Å². The predicted molar refractivity (Wildman–Crippen MR) is 162 cm³/mol. The summed E-state index contributed by atoms with van der Waals surface area (Å²) in [6, 6.07) is 40.6. The van der Waals surface area contributed by atoms with E-state index in [0.29, 0.717) is 23.4 Å². The highest BCUT2D eigenvalue weighted by atomic mass is 32.1. The number of hydrogen-bond acceptors (Lipinski definition) is 6. The van der Waals surface area contributed by atoms with E-state index in [2.05, 4.69) is 24.3 Å². The number of benzene rings is 5. The average molecular weight is 533 g/mol. The third-order valence-corrected chi connectivity index (χ3v) is 8.09. The van der Waals surface area contributed by atoms with Crippen LogP contribution < -0.4 is 0 Å². The summed E-state index contributed by atoms with van der Waals surface area (Å²) >= 11 is 1.73. The highest BCUT2D eigenvalue weighted by molar-refractivity contribution is 7.26. The smallest absolute Gasteiger partial charge is 0.227 e. The van der Waals surface area contributed by atoms with Crippen LogP contribution in [0.2, 0.25) is 0 Å². The molecule has 0 unspecified atom stereocenters. The topological polar surface area (TPSA) is 64.7 Å². The van der Waals surface area contributed by atoms with E-state index in [9.17, 15) is 0 Å². The fourth-order valence-corrected chi connectivity index (χ4v) is 6.17. The molecule has 5 nitrogen and oxygen atoms in total. The molecule has 0 aliphatic heterocycles. The van der Waals surface area contributed by atoms with Gasteiger partial charge in [-0.15, -0.1) is 11.3 Å². The number of rotatable bonds is 4. The third kappa shape index (κ3) is 3.85. The molecule has 3 heterocycles. The lowest BCUT2D eigenvalue weighted by Crippen LogP contribution is -1.99. The van der Waals surface area contributed by atoms with Crippen LogP contribution in [0.1, 0.15) is 0 Å². The van der Waals surface area contributed by atoms with Crippen LogP contribution in [-0.2, 0) is 0 Å². The minimum Gasteiger partial charge on any atom is -0.435 e. The zero-order valence-electron chi connectivity index (χ0n) is 21.2. The Morgan fingerprint density at radius 1 is 0.475 bits per heavy atom. The van der Waals surface area contributed by atoms with Gasteiger partial charge in [-0.1, -0.05) is 91.0 Å². The van der Waals surface area contributed by atoms with Crippen LogP contribution in [0.15, 0.2) is 126 Å². The molecule has 5 aromatic carbocycles. The number of oxazole rings is 1. The summed E-state index contributed by atoms with van der Waals surface area (Å²) < 4.78 is 8.63. The molecule has 8 rings (SSSR count). The van der Waals surface area contributed by atoms with E-state index in [1.54, 1.807) is 11.3 Å². The van der Waals surface area contributed by atoms with Crippen molar-refractivity contribution in [2.45, 2.75) is 0 Å². The van der Waals surface area contributed by atoms with E-state index in [-0.39, 0.29) is 0 Å². The Morgan fingerprint density at radius 2 is 1.05 bits per heavy atom. The van der Waals surface area contributed by atoms with Crippen LogP contribution in [0, 0.1) is 0 Å². The van der Waals surface area contributed by atoms with Crippen molar-refractivity contribution in [2.75, 3.05) is 0 Å². The summed E-state index contributed by atoms with van der Waals surface area (Å²) in [4.78, 5) is 19.4. The summed E-state index contributed by atoms with van der Waals surface area (Å²) in [6.45, 7) is 0. The SMILES string of the molecule is c1ccc(-c2nc(-c3ccccc3)nc(-c3ccc4c(c3)sc3ccc5nc(-c6ccccc6)oc5c34)n2)cc1. The number of hydrogen-bond donors (Lipinski definition) is 0. The van der Waals surface area contributed by atoms with Gasteiger partial charge in [0.1, 0.15) is 5.52 Å². The lowest BCUT2D eigenvalue weighted by molar-refractivity contribution is 0.623. The fourth-order valence-electron chi connectivity index (χ4n) is 5.03. The molecule has 0 spiro atoms. The van der Waals surface area contributed by atoms with Gasteiger partial charge in [0.05, 0.1) is 0 Å². The van der Waals surface area contributed by atoms with E-state index in [0.717, 1.165) is 53.5 Å². The average Bonchev–Trinajstić information content (AvgIpc) is 3.63. The second-order valence-electron chi connectivity index (χ2n) is 9.52. The lowest BCUT2D eigenvalue weighted by atomic mass is 10.1. The molecular weight excluding hydrogens is 512 g/mol. The maximum Gasteiger partial charge on any atom is 0.227 e. The maximum atomic E-state index is 6.34. The summed E-state index contributed by atoms with van der Waals surface area (Å²) in [6.07, 6.45) is 0. The molecule has 0 N–H and O–H groups in total. The minimum atomic E-state index is 0.631. The molecule has 0 saturated heterocycles. The monoisotopic (exact) mass is 532 g/mol. The molecule has 8 aromatic rings. The van der Waals surface area contributed by atoms with Gasteiger partial charge >= 0.3 is 0 Å². The lowest BCUT2D eigenvalue weighted by Gasteiger charge is -2.08. The first-order valence-electron chi connectivity index (χ1n) is 13.0. The Morgan fingerprint density at radius 3 is 1.68 bits per heavy atom. The number of nitrogens with zero attached hydrogens (tertiary/aromatic N) is 4. The van der Waals surface area contributed by atoms with E-state index in [4.69, 9.17) is 24.4 Å². The van der Waals surface area contributed by atoms with Gasteiger partial charge in [0.25, 0.3) is 0 Å². The molecule has 40 heavy (non-hydrogen) atoms. The van der Waals surface area contributed by atoms with E-state index in [1.165, 1.54) is 0 Å². The molecule has 3 aromatic heterocycles. The molecule has 0 radical (unpaired) electrons. The molecule has 0 aliphatic carbocycles. The zero-order valence-corrected chi connectivity index (χ0v) is 22.0. The van der Waals surface area contributed by atoms with Crippen molar-refractivity contribution in [2.24, 2.45) is 0 Å². The fraction of sp³-hybridized carbons (Fsp3) is 0. The minimum absolute atomic E-state index is 0.631. The molecule has 0 saturated carbocycles. The molecule has 0 aliphatic rings. The molecule has 188 valence electrons. The van der Waals surface area contributed by atoms with Gasteiger partial charge < -0.3 is 4.42 Å². The second kappa shape index (κ2) is 9.22. The summed E-state index contributed by atoms with van der Waals surface area (Å²) in [5, 5.41) is 2.22. The van der Waals surface area contributed by atoms with Gasteiger partial charge in [-0.3, -0.25) is 0 Å². The Balaban J connectivity index is 1.30. The summed E-state index contributed by atoms with van der Waals surface area (Å²) in [5.41, 5.74) is 5.48. The van der Waals surface area contributed by atoms with Crippen LogP contribution in [0.25, 0.3) is 76.9 Å². The van der Waals surface area contributed by atoms with Crippen LogP contribution in [0.3, 0.4) is 0 Å². The quantitative estimate of drug-likeness (QED) is 0.226. The van der Waals surface area contributed by atoms with Gasteiger partial charge in [-0.05, 0) is 30.3 Å². The van der Waals surface area contributed by atoms with E-state index < -0.39 is 0 Å². The Hall–Kier alpha value is -5.20. The van der Waals surface area contributed by atoms with Crippen molar-refractivity contribution >= 4 is 42.6 Å². The summed E-state index contributed by atoms with van der Waals surface area (Å²) in [7, 11) is 0. The zero-order chi connectivity index (χ0) is 26.5. The van der Waals surface area contributed by atoms with Crippen LogP contribution in [-0.4, -0.2) is 19.9 Å². The van der Waals surface area contributed by atoms with Crippen molar-refractivity contribution in [3.63, 3.8) is 0 Å². The highest BCUT2D eigenvalue weighted by Crippen LogP contribution is 2.41. The van der Waals surface area contributed by atoms with Crippen LogP contribution >= 0.6 is 11.3 Å². The normalized spacial score (nSPS) is 11.5. The molecule has 0 fully saturated rings.